The molecule has 0 aliphatic rings. The minimum absolute atomic E-state index is 0.170. The SMILES string of the molecule is Cc1nc(CC(=O)c2cc3sccc3s2)cs1. The van der Waals surface area contributed by atoms with Crippen LogP contribution >= 0.6 is 34.0 Å². The average molecular weight is 279 g/mol. The summed E-state index contributed by atoms with van der Waals surface area (Å²) in [6.07, 6.45) is 0.415. The van der Waals surface area contributed by atoms with Crippen molar-refractivity contribution in [3.63, 3.8) is 0 Å². The normalized spacial score (nSPS) is 11.1. The van der Waals surface area contributed by atoms with Crippen molar-refractivity contribution in [1.82, 2.24) is 4.98 Å². The van der Waals surface area contributed by atoms with Crippen LogP contribution in [0.4, 0.5) is 0 Å². The molecule has 0 aliphatic carbocycles. The summed E-state index contributed by atoms with van der Waals surface area (Å²) in [7, 11) is 0. The zero-order valence-corrected chi connectivity index (χ0v) is 11.5. The lowest BCUT2D eigenvalue weighted by Crippen LogP contribution is -2.01. The van der Waals surface area contributed by atoms with Crippen LogP contribution in [-0.2, 0) is 6.42 Å². The maximum absolute atomic E-state index is 12.1. The number of ketones is 1. The van der Waals surface area contributed by atoms with Gasteiger partial charge in [0, 0.05) is 14.8 Å². The maximum atomic E-state index is 12.1. The number of aryl methyl sites for hydroxylation is 1. The van der Waals surface area contributed by atoms with Crippen molar-refractivity contribution in [2.45, 2.75) is 13.3 Å². The van der Waals surface area contributed by atoms with Gasteiger partial charge in [0.2, 0.25) is 0 Å². The minimum Gasteiger partial charge on any atom is -0.293 e. The summed E-state index contributed by atoms with van der Waals surface area (Å²) in [5.41, 5.74) is 0.884. The van der Waals surface area contributed by atoms with Crippen molar-refractivity contribution < 1.29 is 4.79 Å². The van der Waals surface area contributed by atoms with Crippen molar-refractivity contribution in [3.8, 4) is 0 Å². The number of nitrogens with zero attached hydrogens (tertiary/aromatic N) is 1. The van der Waals surface area contributed by atoms with Crippen LogP contribution < -0.4 is 0 Å². The van der Waals surface area contributed by atoms with E-state index < -0.39 is 0 Å². The summed E-state index contributed by atoms with van der Waals surface area (Å²) >= 11 is 4.85. The molecular formula is C12H9NOS3. The second kappa shape index (κ2) is 4.33. The molecule has 0 radical (unpaired) electrons. The van der Waals surface area contributed by atoms with E-state index in [-0.39, 0.29) is 5.78 Å². The molecule has 0 spiro atoms. The Balaban J connectivity index is 1.84. The van der Waals surface area contributed by atoms with E-state index in [4.69, 9.17) is 0 Å². The zero-order chi connectivity index (χ0) is 11.8. The van der Waals surface area contributed by atoms with Crippen LogP contribution in [0.2, 0.25) is 0 Å². The van der Waals surface area contributed by atoms with E-state index in [1.807, 2.05) is 18.4 Å². The molecule has 0 aromatic carbocycles. The number of Topliss-reactive ketones (excluding diaryl/α,β-unsaturated/α-hetero) is 1. The summed E-state index contributed by atoms with van der Waals surface area (Å²) in [4.78, 5) is 17.2. The summed E-state index contributed by atoms with van der Waals surface area (Å²) in [6.45, 7) is 1.96. The molecule has 3 rings (SSSR count). The van der Waals surface area contributed by atoms with Gasteiger partial charge >= 0.3 is 0 Å². The van der Waals surface area contributed by atoms with E-state index in [1.54, 1.807) is 34.0 Å². The van der Waals surface area contributed by atoms with Gasteiger partial charge in [-0.05, 0) is 24.4 Å². The Morgan fingerprint density at radius 3 is 2.94 bits per heavy atom. The standard InChI is InChI=1S/C12H9NOS3/c1-7-13-8(6-16-7)4-9(14)11-5-12-10(17-11)2-3-15-12/h2-3,5-6H,4H2,1H3. The molecule has 3 heterocycles. The molecule has 0 saturated carbocycles. The highest BCUT2D eigenvalue weighted by Gasteiger charge is 2.13. The van der Waals surface area contributed by atoms with Crippen molar-refractivity contribution >= 4 is 49.2 Å². The minimum atomic E-state index is 0.170. The third kappa shape index (κ3) is 2.18. The summed E-state index contributed by atoms with van der Waals surface area (Å²) in [5.74, 6) is 0.170. The average Bonchev–Trinajstić information content (AvgIpc) is 2.92. The number of thiophene rings is 2. The van der Waals surface area contributed by atoms with E-state index in [1.165, 1.54) is 9.40 Å². The Morgan fingerprint density at radius 1 is 1.35 bits per heavy atom. The predicted molar refractivity (Wildman–Crippen MR) is 74.6 cm³/mol. The summed E-state index contributed by atoms with van der Waals surface area (Å²) in [6, 6.07) is 4.06. The van der Waals surface area contributed by atoms with Crippen LogP contribution in [0.1, 0.15) is 20.4 Å². The monoisotopic (exact) mass is 279 g/mol. The van der Waals surface area contributed by atoms with Gasteiger partial charge in [0.1, 0.15) is 0 Å². The molecule has 3 aromatic rings. The van der Waals surface area contributed by atoms with E-state index in [2.05, 4.69) is 16.4 Å². The smallest absolute Gasteiger partial charge is 0.178 e. The number of carbonyl (C=O) groups excluding carboxylic acids is 1. The van der Waals surface area contributed by atoms with Crippen LogP contribution in [-0.4, -0.2) is 10.8 Å². The fourth-order valence-corrected chi connectivity index (χ4v) is 4.30. The second-order valence-corrected chi connectivity index (χ2v) is 6.81. The Morgan fingerprint density at radius 2 is 2.24 bits per heavy atom. The molecular weight excluding hydrogens is 270 g/mol. The van der Waals surface area contributed by atoms with Crippen molar-refractivity contribution in [3.05, 3.63) is 38.5 Å². The molecule has 0 bridgehead atoms. The lowest BCUT2D eigenvalue weighted by Gasteiger charge is -1.93. The highest BCUT2D eigenvalue weighted by atomic mass is 32.1. The molecule has 86 valence electrons. The van der Waals surface area contributed by atoms with Crippen LogP contribution in [0.15, 0.2) is 22.9 Å². The first-order valence-corrected chi connectivity index (χ1v) is 7.71. The van der Waals surface area contributed by atoms with Gasteiger partial charge in [-0.3, -0.25) is 4.79 Å². The Labute approximate surface area is 111 Å². The van der Waals surface area contributed by atoms with E-state index >= 15 is 0 Å². The summed E-state index contributed by atoms with van der Waals surface area (Å²) < 4.78 is 2.40. The molecule has 2 nitrogen and oxygen atoms in total. The number of hydrogen-bond acceptors (Lipinski definition) is 5. The summed E-state index contributed by atoms with van der Waals surface area (Å²) in [5, 5.41) is 5.03. The third-order valence-corrected chi connectivity index (χ3v) is 5.38. The molecule has 0 saturated heterocycles. The van der Waals surface area contributed by atoms with Gasteiger partial charge in [0.25, 0.3) is 0 Å². The second-order valence-electron chi connectivity index (χ2n) is 3.72. The molecule has 0 atom stereocenters. The van der Waals surface area contributed by atoms with Crippen molar-refractivity contribution in [2.24, 2.45) is 0 Å². The number of aromatic nitrogens is 1. The number of carbonyl (C=O) groups is 1. The molecule has 3 aromatic heterocycles. The first-order valence-electron chi connectivity index (χ1n) is 5.13. The predicted octanol–water partition coefficient (Wildman–Crippen LogP) is 4.15. The zero-order valence-electron chi connectivity index (χ0n) is 9.10. The number of fused-ring (bicyclic) bond motifs is 1. The number of thiazole rings is 1. The quantitative estimate of drug-likeness (QED) is 0.674. The fraction of sp³-hybridized carbons (Fsp3) is 0.167. The molecule has 0 aliphatic heterocycles. The van der Waals surface area contributed by atoms with E-state index in [0.29, 0.717) is 6.42 Å². The molecule has 5 heteroatoms. The molecule has 17 heavy (non-hydrogen) atoms. The Bertz CT molecular complexity index is 648. The van der Waals surface area contributed by atoms with Crippen LogP contribution in [0.3, 0.4) is 0 Å². The van der Waals surface area contributed by atoms with E-state index in [9.17, 15) is 4.79 Å². The van der Waals surface area contributed by atoms with Gasteiger partial charge in [0.15, 0.2) is 5.78 Å². The van der Waals surface area contributed by atoms with Gasteiger partial charge < -0.3 is 0 Å². The third-order valence-electron chi connectivity index (χ3n) is 2.42. The highest BCUT2D eigenvalue weighted by Crippen LogP contribution is 2.30. The molecule has 0 amide bonds. The molecule has 0 unspecified atom stereocenters. The Hall–Kier alpha value is -1.04. The van der Waals surface area contributed by atoms with Crippen molar-refractivity contribution in [2.75, 3.05) is 0 Å². The lowest BCUT2D eigenvalue weighted by molar-refractivity contribution is 0.0996. The van der Waals surface area contributed by atoms with Gasteiger partial charge in [-0.2, -0.15) is 0 Å². The van der Waals surface area contributed by atoms with Gasteiger partial charge in [0.05, 0.1) is 22.0 Å². The van der Waals surface area contributed by atoms with Crippen LogP contribution in [0, 0.1) is 6.92 Å². The van der Waals surface area contributed by atoms with Gasteiger partial charge in [-0.15, -0.1) is 34.0 Å². The van der Waals surface area contributed by atoms with E-state index in [0.717, 1.165) is 15.6 Å². The maximum Gasteiger partial charge on any atom is 0.178 e. The van der Waals surface area contributed by atoms with Gasteiger partial charge in [-0.25, -0.2) is 4.98 Å². The van der Waals surface area contributed by atoms with Gasteiger partial charge in [-0.1, -0.05) is 0 Å². The van der Waals surface area contributed by atoms with Crippen molar-refractivity contribution in [1.29, 1.82) is 0 Å². The van der Waals surface area contributed by atoms with Crippen LogP contribution in [0.5, 0.6) is 0 Å². The fourth-order valence-electron chi connectivity index (χ4n) is 1.64. The number of hydrogen-bond donors (Lipinski definition) is 0. The largest absolute Gasteiger partial charge is 0.293 e. The molecule has 0 fully saturated rings. The first kappa shape index (κ1) is 11.1. The molecule has 0 N–H and O–H groups in total. The first-order chi connectivity index (χ1) is 8.22. The Kier molecular flexibility index (Phi) is 2.82. The topological polar surface area (TPSA) is 30.0 Å². The van der Waals surface area contributed by atoms with Crippen LogP contribution in [0.25, 0.3) is 9.40 Å². The highest BCUT2D eigenvalue weighted by molar-refractivity contribution is 7.27. The lowest BCUT2D eigenvalue weighted by atomic mass is 10.2. The number of rotatable bonds is 3.